The summed E-state index contributed by atoms with van der Waals surface area (Å²) in [5.74, 6) is 0.268. The maximum absolute atomic E-state index is 11.5. The van der Waals surface area contributed by atoms with E-state index in [1.54, 1.807) is 30.2 Å². The van der Waals surface area contributed by atoms with Gasteiger partial charge in [-0.3, -0.25) is 9.59 Å². The number of pyridine rings is 1. The first-order valence-corrected chi connectivity index (χ1v) is 5.91. The number of nitrogens with one attached hydrogen (secondary N) is 1. The van der Waals surface area contributed by atoms with Gasteiger partial charge in [0.05, 0.1) is 17.9 Å². The smallest absolute Gasteiger partial charge is 0.242 e. The van der Waals surface area contributed by atoms with Gasteiger partial charge in [-0.2, -0.15) is 0 Å². The van der Waals surface area contributed by atoms with E-state index in [1.165, 1.54) is 0 Å². The van der Waals surface area contributed by atoms with E-state index in [9.17, 15) is 9.59 Å². The second-order valence-electron chi connectivity index (χ2n) is 4.33. The number of halogens is 1. The van der Waals surface area contributed by atoms with E-state index in [2.05, 4.69) is 10.3 Å². The number of hydrogen-bond donors (Lipinski definition) is 2. The molecule has 1 aromatic rings. The van der Waals surface area contributed by atoms with Crippen molar-refractivity contribution in [1.82, 2.24) is 4.98 Å². The number of rotatable bonds is 3. The van der Waals surface area contributed by atoms with E-state index < -0.39 is 6.04 Å². The Bertz CT molecular complexity index is 461. The Morgan fingerprint density at radius 1 is 1.53 bits per heavy atom. The van der Waals surface area contributed by atoms with E-state index in [-0.39, 0.29) is 24.2 Å². The monoisotopic (exact) mass is 284 g/mol. The molecule has 3 N–H and O–H groups in total. The minimum Gasteiger partial charge on any atom is -0.320 e. The van der Waals surface area contributed by atoms with Gasteiger partial charge in [-0.25, -0.2) is 4.98 Å². The number of nitrogens with zero attached hydrogens (tertiary/aromatic N) is 2. The third kappa shape index (κ3) is 3.65. The molecule has 2 rings (SSSR count). The first kappa shape index (κ1) is 15.4. The highest BCUT2D eigenvalue weighted by Gasteiger charge is 2.21. The van der Waals surface area contributed by atoms with E-state index in [4.69, 9.17) is 5.73 Å². The minimum atomic E-state index is -0.577. The maximum atomic E-state index is 11.5. The molecule has 1 saturated heterocycles. The van der Waals surface area contributed by atoms with Gasteiger partial charge in [-0.15, -0.1) is 12.4 Å². The fourth-order valence-electron chi connectivity index (χ4n) is 1.78. The van der Waals surface area contributed by atoms with Crippen molar-refractivity contribution in [3.8, 4) is 0 Å². The number of aromatic nitrogens is 1. The Kier molecular flexibility index (Phi) is 5.26. The lowest BCUT2D eigenvalue weighted by atomic mass is 10.3. The van der Waals surface area contributed by atoms with Crippen molar-refractivity contribution in [2.75, 3.05) is 16.8 Å². The van der Waals surface area contributed by atoms with Gasteiger partial charge in [0.15, 0.2) is 0 Å². The Labute approximate surface area is 117 Å². The van der Waals surface area contributed by atoms with Crippen molar-refractivity contribution in [2.24, 2.45) is 5.73 Å². The van der Waals surface area contributed by atoms with E-state index in [0.717, 1.165) is 18.7 Å². The molecule has 0 aliphatic carbocycles. The molecule has 0 bridgehead atoms. The van der Waals surface area contributed by atoms with Crippen molar-refractivity contribution in [3.63, 3.8) is 0 Å². The molecule has 104 valence electrons. The lowest BCUT2D eigenvalue weighted by molar-refractivity contribution is -0.117. The van der Waals surface area contributed by atoms with Crippen LogP contribution in [0.1, 0.15) is 19.8 Å². The molecule has 1 aliphatic rings. The van der Waals surface area contributed by atoms with Gasteiger partial charge >= 0.3 is 0 Å². The zero-order chi connectivity index (χ0) is 13.1. The zero-order valence-electron chi connectivity index (χ0n) is 10.6. The average molecular weight is 285 g/mol. The van der Waals surface area contributed by atoms with Crippen molar-refractivity contribution >= 4 is 35.7 Å². The van der Waals surface area contributed by atoms with E-state index >= 15 is 0 Å². The summed E-state index contributed by atoms with van der Waals surface area (Å²) >= 11 is 0. The van der Waals surface area contributed by atoms with Crippen LogP contribution in [-0.2, 0) is 9.59 Å². The van der Waals surface area contributed by atoms with Gasteiger partial charge in [0.25, 0.3) is 0 Å². The molecule has 1 unspecified atom stereocenters. The highest BCUT2D eigenvalue weighted by Crippen LogP contribution is 2.21. The number of carbonyl (C=O) groups is 2. The van der Waals surface area contributed by atoms with Crippen LogP contribution in [0.3, 0.4) is 0 Å². The van der Waals surface area contributed by atoms with Gasteiger partial charge < -0.3 is 16.0 Å². The molecule has 1 aliphatic heterocycles. The molecule has 0 saturated carbocycles. The van der Waals surface area contributed by atoms with Crippen LogP contribution < -0.4 is 16.0 Å². The third-order valence-corrected chi connectivity index (χ3v) is 2.80. The minimum absolute atomic E-state index is 0. The lowest BCUT2D eigenvalue weighted by Gasteiger charge is -2.15. The summed E-state index contributed by atoms with van der Waals surface area (Å²) in [4.78, 5) is 28.7. The van der Waals surface area contributed by atoms with Crippen LogP contribution in [0, 0.1) is 0 Å². The lowest BCUT2D eigenvalue weighted by Crippen LogP contribution is -2.32. The SMILES string of the molecule is CC(N)C(=O)Nc1ccc(N2CCCC2=O)cn1.Cl. The van der Waals surface area contributed by atoms with E-state index in [0.29, 0.717) is 12.2 Å². The molecule has 6 nitrogen and oxygen atoms in total. The van der Waals surface area contributed by atoms with Crippen LogP contribution in [0.25, 0.3) is 0 Å². The summed E-state index contributed by atoms with van der Waals surface area (Å²) in [6.45, 7) is 2.33. The first-order chi connectivity index (χ1) is 8.58. The zero-order valence-corrected chi connectivity index (χ0v) is 11.4. The van der Waals surface area contributed by atoms with Crippen LogP contribution in [0.5, 0.6) is 0 Å². The molecular formula is C12H17ClN4O2. The fraction of sp³-hybridized carbons (Fsp3) is 0.417. The molecule has 0 aromatic carbocycles. The Hall–Kier alpha value is -1.66. The standard InChI is InChI=1S/C12H16N4O2.ClH/c1-8(13)12(18)15-10-5-4-9(7-14-10)16-6-2-3-11(16)17;/h4-5,7-8H,2-3,6,13H2,1H3,(H,14,15,18);1H. The number of amides is 2. The molecule has 1 aromatic heterocycles. The van der Waals surface area contributed by atoms with Crippen molar-refractivity contribution in [2.45, 2.75) is 25.8 Å². The van der Waals surface area contributed by atoms with Gasteiger partial charge in [-0.1, -0.05) is 0 Å². The van der Waals surface area contributed by atoms with Gasteiger partial charge in [-0.05, 0) is 25.5 Å². The second kappa shape index (κ2) is 6.49. The number of hydrogen-bond acceptors (Lipinski definition) is 4. The molecule has 0 spiro atoms. The summed E-state index contributed by atoms with van der Waals surface area (Å²) in [6.07, 6.45) is 3.05. The van der Waals surface area contributed by atoms with Gasteiger partial charge in [0.2, 0.25) is 11.8 Å². The highest BCUT2D eigenvalue weighted by atomic mass is 35.5. The predicted octanol–water partition coefficient (Wildman–Crippen LogP) is 0.916. The van der Waals surface area contributed by atoms with Crippen LogP contribution in [0.4, 0.5) is 11.5 Å². The molecule has 7 heteroatoms. The average Bonchev–Trinajstić information content (AvgIpc) is 2.76. The summed E-state index contributed by atoms with van der Waals surface area (Å²) < 4.78 is 0. The molecular weight excluding hydrogens is 268 g/mol. The maximum Gasteiger partial charge on any atom is 0.242 e. The summed E-state index contributed by atoms with van der Waals surface area (Å²) in [5.41, 5.74) is 6.20. The Morgan fingerprint density at radius 2 is 2.26 bits per heavy atom. The fourth-order valence-corrected chi connectivity index (χ4v) is 1.78. The third-order valence-electron chi connectivity index (χ3n) is 2.80. The Balaban J connectivity index is 0.00000180. The highest BCUT2D eigenvalue weighted by molar-refractivity contribution is 5.96. The molecule has 0 radical (unpaired) electrons. The van der Waals surface area contributed by atoms with Gasteiger partial charge in [0.1, 0.15) is 5.82 Å². The van der Waals surface area contributed by atoms with Crippen LogP contribution in [0.2, 0.25) is 0 Å². The van der Waals surface area contributed by atoms with Crippen LogP contribution in [0.15, 0.2) is 18.3 Å². The van der Waals surface area contributed by atoms with Crippen molar-refractivity contribution in [1.29, 1.82) is 0 Å². The Morgan fingerprint density at radius 3 is 2.74 bits per heavy atom. The summed E-state index contributed by atoms with van der Waals surface area (Å²) in [6, 6.07) is 2.86. The van der Waals surface area contributed by atoms with Gasteiger partial charge in [0, 0.05) is 13.0 Å². The number of anilines is 2. The quantitative estimate of drug-likeness (QED) is 0.864. The number of nitrogens with two attached hydrogens (primary N) is 1. The van der Waals surface area contributed by atoms with Crippen molar-refractivity contribution in [3.05, 3.63) is 18.3 Å². The molecule has 1 fully saturated rings. The second-order valence-corrected chi connectivity index (χ2v) is 4.33. The largest absolute Gasteiger partial charge is 0.320 e. The number of carbonyl (C=O) groups excluding carboxylic acids is 2. The molecule has 2 amide bonds. The first-order valence-electron chi connectivity index (χ1n) is 5.91. The van der Waals surface area contributed by atoms with Crippen molar-refractivity contribution < 1.29 is 9.59 Å². The van der Waals surface area contributed by atoms with E-state index in [1.807, 2.05) is 0 Å². The van der Waals surface area contributed by atoms with Crippen LogP contribution >= 0.6 is 12.4 Å². The summed E-state index contributed by atoms with van der Waals surface area (Å²) in [5, 5.41) is 2.59. The topological polar surface area (TPSA) is 88.3 Å². The molecule has 2 heterocycles. The predicted molar refractivity (Wildman–Crippen MR) is 75.4 cm³/mol. The molecule has 19 heavy (non-hydrogen) atoms. The van der Waals surface area contributed by atoms with Crippen LogP contribution in [-0.4, -0.2) is 29.4 Å². The normalized spacial score (nSPS) is 15.9. The molecule has 1 atom stereocenters. The summed E-state index contributed by atoms with van der Waals surface area (Å²) in [7, 11) is 0.